The third-order valence-corrected chi connectivity index (χ3v) is 3.43. The van der Waals surface area contributed by atoms with Crippen molar-refractivity contribution in [3.05, 3.63) is 53.1 Å². The zero-order chi connectivity index (χ0) is 13.7. The monoisotopic (exact) mass is 340 g/mol. The minimum atomic E-state index is 0.596. The summed E-state index contributed by atoms with van der Waals surface area (Å²) < 4.78 is 11.3. The molecule has 0 aromatic heterocycles. The van der Waals surface area contributed by atoms with E-state index in [1.165, 1.54) is 0 Å². The molecule has 0 saturated carbocycles. The number of alkyl halides is 1. The van der Waals surface area contributed by atoms with Gasteiger partial charge in [-0.25, -0.2) is 0 Å². The van der Waals surface area contributed by atoms with E-state index >= 15 is 0 Å². The van der Waals surface area contributed by atoms with Crippen molar-refractivity contribution >= 4 is 27.5 Å². The van der Waals surface area contributed by atoms with E-state index in [1.807, 2.05) is 49.4 Å². The van der Waals surface area contributed by atoms with Gasteiger partial charge in [-0.15, -0.1) is 0 Å². The maximum atomic E-state index is 6.18. The molecule has 2 rings (SSSR count). The van der Waals surface area contributed by atoms with E-state index in [4.69, 9.17) is 21.1 Å². The first-order valence-electron chi connectivity index (χ1n) is 5.98. The van der Waals surface area contributed by atoms with Gasteiger partial charge in [-0.1, -0.05) is 45.7 Å². The summed E-state index contributed by atoms with van der Waals surface area (Å²) in [6, 6.07) is 13.2. The first kappa shape index (κ1) is 14.2. The highest BCUT2D eigenvalue weighted by atomic mass is 79.9. The van der Waals surface area contributed by atoms with E-state index in [0.717, 1.165) is 11.3 Å². The summed E-state index contributed by atoms with van der Waals surface area (Å²) in [6.07, 6.45) is 0. The van der Waals surface area contributed by atoms with Crippen LogP contribution in [-0.2, 0) is 5.33 Å². The van der Waals surface area contributed by atoms with E-state index in [1.54, 1.807) is 0 Å². The van der Waals surface area contributed by atoms with Gasteiger partial charge in [0.2, 0.25) is 0 Å². The Morgan fingerprint density at radius 2 is 1.84 bits per heavy atom. The van der Waals surface area contributed by atoms with Crippen molar-refractivity contribution in [2.75, 3.05) is 6.61 Å². The van der Waals surface area contributed by atoms with Crippen molar-refractivity contribution in [1.82, 2.24) is 0 Å². The van der Waals surface area contributed by atoms with Gasteiger partial charge in [-0.2, -0.15) is 0 Å². The van der Waals surface area contributed by atoms with Crippen LogP contribution in [0.1, 0.15) is 12.5 Å². The number of benzene rings is 2. The molecule has 0 atom stereocenters. The molecular weight excluding hydrogens is 328 g/mol. The Kier molecular flexibility index (Phi) is 5.11. The summed E-state index contributed by atoms with van der Waals surface area (Å²) in [7, 11) is 0. The van der Waals surface area contributed by atoms with Gasteiger partial charge in [-0.05, 0) is 25.1 Å². The number of halogens is 2. The Balaban J connectivity index is 2.28. The van der Waals surface area contributed by atoms with E-state index in [0.29, 0.717) is 28.5 Å². The molecule has 0 N–H and O–H groups in total. The highest BCUT2D eigenvalue weighted by molar-refractivity contribution is 9.08. The fourth-order valence-electron chi connectivity index (χ4n) is 1.69. The van der Waals surface area contributed by atoms with Gasteiger partial charge >= 0.3 is 0 Å². The molecular formula is C15H14BrClO2. The van der Waals surface area contributed by atoms with Crippen LogP contribution in [0.4, 0.5) is 0 Å². The summed E-state index contributed by atoms with van der Waals surface area (Å²) in [5.74, 6) is 2.17. The molecule has 0 fully saturated rings. The Hall–Kier alpha value is -1.19. The quantitative estimate of drug-likeness (QED) is 0.675. The van der Waals surface area contributed by atoms with Crippen LogP contribution in [0.25, 0.3) is 0 Å². The first-order chi connectivity index (χ1) is 9.24. The van der Waals surface area contributed by atoms with Crippen LogP contribution in [0.15, 0.2) is 42.5 Å². The van der Waals surface area contributed by atoms with Crippen LogP contribution in [0, 0.1) is 0 Å². The largest absolute Gasteiger partial charge is 0.494 e. The first-order valence-corrected chi connectivity index (χ1v) is 7.48. The number of para-hydroxylation sites is 1. The molecule has 2 aromatic rings. The van der Waals surface area contributed by atoms with Crippen LogP contribution < -0.4 is 9.47 Å². The number of hydrogen-bond donors (Lipinski definition) is 0. The van der Waals surface area contributed by atoms with Crippen molar-refractivity contribution < 1.29 is 9.47 Å². The highest BCUT2D eigenvalue weighted by Gasteiger charge is 2.09. The molecule has 2 aromatic carbocycles. The Morgan fingerprint density at radius 3 is 2.58 bits per heavy atom. The molecule has 2 nitrogen and oxygen atoms in total. The van der Waals surface area contributed by atoms with Gasteiger partial charge in [0, 0.05) is 17.0 Å². The van der Waals surface area contributed by atoms with Crippen molar-refractivity contribution in [3.8, 4) is 17.2 Å². The van der Waals surface area contributed by atoms with Gasteiger partial charge < -0.3 is 9.47 Å². The Morgan fingerprint density at radius 1 is 1.11 bits per heavy atom. The predicted molar refractivity (Wildman–Crippen MR) is 81.8 cm³/mol. The summed E-state index contributed by atoms with van der Waals surface area (Å²) in [6.45, 7) is 2.58. The molecule has 0 aliphatic rings. The molecule has 0 spiro atoms. The summed E-state index contributed by atoms with van der Waals surface area (Å²) >= 11 is 9.61. The third kappa shape index (κ3) is 3.64. The smallest absolute Gasteiger partial charge is 0.150 e. The fraction of sp³-hybridized carbons (Fsp3) is 0.200. The molecule has 4 heteroatoms. The SMILES string of the molecule is CCOc1cccc(Oc2c(Cl)cccc2CBr)c1. The molecule has 0 bridgehead atoms. The molecule has 0 heterocycles. The van der Waals surface area contributed by atoms with Crippen molar-refractivity contribution in [2.45, 2.75) is 12.3 Å². The molecule has 0 aliphatic carbocycles. The maximum absolute atomic E-state index is 6.18. The Labute approximate surface area is 126 Å². The zero-order valence-electron chi connectivity index (χ0n) is 10.5. The van der Waals surface area contributed by atoms with Crippen LogP contribution in [0.2, 0.25) is 5.02 Å². The second-order valence-corrected chi connectivity index (χ2v) is 4.84. The number of rotatable bonds is 5. The second kappa shape index (κ2) is 6.83. The average Bonchev–Trinajstić information content (AvgIpc) is 2.42. The topological polar surface area (TPSA) is 18.5 Å². The van der Waals surface area contributed by atoms with Crippen molar-refractivity contribution in [2.24, 2.45) is 0 Å². The lowest BCUT2D eigenvalue weighted by Gasteiger charge is -2.12. The van der Waals surface area contributed by atoms with E-state index in [2.05, 4.69) is 15.9 Å². The summed E-state index contributed by atoms with van der Waals surface area (Å²) in [5, 5.41) is 1.28. The maximum Gasteiger partial charge on any atom is 0.150 e. The van der Waals surface area contributed by atoms with Gasteiger partial charge in [0.05, 0.1) is 11.6 Å². The van der Waals surface area contributed by atoms with E-state index < -0.39 is 0 Å². The van der Waals surface area contributed by atoms with Crippen LogP contribution in [0.5, 0.6) is 17.2 Å². The molecule has 100 valence electrons. The van der Waals surface area contributed by atoms with Gasteiger partial charge in [0.25, 0.3) is 0 Å². The van der Waals surface area contributed by atoms with Gasteiger partial charge in [0.15, 0.2) is 0 Å². The minimum Gasteiger partial charge on any atom is -0.494 e. The van der Waals surface area contributed by atoms with Gasteiger partial charge in [-0.3, -0.25) is 0 Å². The molecule has 0 unspecified atom stereocenters. The second-order valence-electron chi connectivity index (χ2n) is 3.87. The molecule has 19 heavy (non-hydrogen) atoms. The molecule has 0 amide bonds. The highest BCUT2D eigenvalue weighted by Crippen LogP contribution is 2.35. The standard InChI is InChI=1S/C15H14BrClO2/c1-2-18-12-6-4-7-13(9-12)19-15-11(10-16)5-3-8-14(15)17/h3-9H,2,10H2,1H3. The lowest BCUT2D eigenvalue weighted by Crippen LogP contribution is -1.93. The lowest BCUT2D eigenvalue weighted by atomic mass is 10.2. The predicted octanol–water partition coefficient (Wildman–Crippen LogP) is 5.43. The van der Waals surface area contributed by atoms with Gasteiger partial charge in [0.1, 0.15) is 17.2 Å². The lowest BCUT2D eigenvalue weighted by molar-refractivity contribution is 0.338. The van der Waals surface area contributed by atoms with Crippen molar-refractivity contribution in [1.29, 1.82) is 0 Å². The normalized spacial score (nSPS) is 10.3. The number of hydrogen-bond acceptors (Lipinski definition) is 2. The van der Waals surface area contributed by atoms with Crippen LogP contribution >= 0.6 is 27.5 Å². The minimum absolute atomic E-state index is 0.596. The summed E-state index contributed by atoms with van der Waals surface area (Å²) in [5.41, 5.74) is 1.01. The van der Waals surface area contributed by atoms with Crippen LogP contribution in [-0.4, -0.2) is 6.61 Å². The number of ether oxygens (including phenoxy) is 2. The van der Waals surface area contributed by atoms with E-state index in [9.17, 15) is 0 Å². The Bertz CT molecular complexity index is 558. The summed E-state index contributed by atoms with van der Waals surface area (Å²) in [4.78, 5) is 0. The third-order valence-electron chi connectivity index (χ3n) is 2.53. The zero-order valence-corrected chi connectivity index (χ0v) is 12.9. The van der Waals surface area contributed by atoms with E-state index in [-0.39, 0.29) is 0 Å². The fourth-order valence-corrected chi connectivity index (χ4v) is 2.36. The molecule has 0 aliphatic heterocycles. The van der Waals surface area contributed by atoms with Crippen molar-refractivity contribution in [3.63, 3.8) is 0 Å². The molecule has 0 saturated heterocycles. The van der Waals surface area contributed by atoms with Crippen LogP contribution in [0.3, 0.4) is 0 Å². The average molecular weight is 342 g/mol. The molecule has 0 radical (unpaired) electrons.